The van der Waals surface area contributed by atoms with Crippen molar-refractivity contribution in [2.75, 3.05) is 11.1 Å². The van der Waals surface area contributed by atoms with Gasteiger partial charge in [0.2, 0.25) is 0 Å². The minimum Gasteiger partial charge on any atom is -0.399 e. The van der Waals surface area contributed by atoms with Gasteiger partial charge in [0.05, 0.1) is 11.4 Å². The lowest BCUT2D eigenvalue weighted by Gasteiger charge is -2.31. The number of anilines is 2. The van der Waals surface area contributed by atoms with Crippen LogP contribution in [0.5, 0.6) is 0 Å². The first-order chi connectivity index (χ1) is 9.74. The first-order valence-electron chi connectivity index (χ1n) is 7.25. The van der Waals surface area contributed by atoms with E-state index in [2.05, 4.69) is 22.4 Å². The van der Waals surface area contributed by atoms with Crippen molar-refractivity contribution < 1.29 is 0 Å². The molecule has 106 valence electrons. The lowest BCUT2D eigenvalue weighted by molar-refractivity contribution is 0.349. The number of nitrogen functional groups attached to an aromatic ring is 1. The van der Waals surface area contributed by atoms with Gasteiger partial charge in [0.1, 0.15) is 12.7 Å². The Morgan fingerprint density at radius 3 is 2.70 bits per heavy atom. The quantitative estimate of drug-likeness (QED) is 0.842. The molecule has 1 aromatic heterocycles. The second kappa shape index (κ2) is 5.53. The molecule has 20 heavy (non-hydrogen) atoms. The highest BCUT2D eigenvalue weighted by atomic mass is 15.2. The van der Waals surface area contributed by atoms with Crippen molar-refractivity contribution in [1.29, 1.82) is 0 Å². The van der Waals surface area contributed by atoms with Crippen LogP contribution in [0.3, 0.4) is 0 Å². The average molecular weight is 271 g/mol. The highest BCUT2D eigenvalue weighted by molar-refractivity contribution is 5.66. The molecule has 0 amide bonds. The number of hydrogen-bond acceptors (Lipinski definition) is 4. The third-order valence-electron chi connectivity index (χ3n) is 4.17. The Morgan fingerprint density at radius 2 is 1.95 bits per heavy atom. The Labute approximate surface area is 119 Å². The monoisotopic (exact) mass is 271 g/mol. The molecule has 1 fully saturated rings. The minimum absolute atomic E-state index is 0.530. The molecular formula is C15H21N5. The number of nitrogens with one attached hydrogen (secondary N) is 1. The van der Waals surface area contributed by atoms with Crippen LogP contribution in [0, 0.1) is 5.92 Å². The van der Waals surface area contributed by atoms with Crippen molar-refractivity contribution in [1.82, 2.24) is 14.8 Å². The molecule has 1 saturated carbocycles. The van der Waals surface area contributed by atoms with Gasteiger partial charge in [-0.15, -0.1) is 10.2 Å². The van der Waals surface area contributed by atoms with E-state index in [4.69, 9.17) is 5.73 Å². The number of aromatic nitrogens is 3. The summed E-state index contributed by atoms with van der Waals surface area (Å²) in [6.07, 6.45) is 8.58. The van der Waals surface area contributed by atoms with Crippen LogP contribution >= 0.6 is 0 Å². The summed E-state index contributed by atoms with van der Waals surface area (Å²) in [6.45, 7) is 2.33. The van der Waals surface area contributed by atoms with Crippen molar-refractivity contribution >= 4 is 11.4 Å². The normalized spacial score (nSPS) is 22.6. The zero-order valence-electron chi connectivity index (χ0n) is 11.8. The Balaban J connectivity index is 1.89. The Morgan fingerprint density at radius 1 is 1.20 bits per heavy atom. The van der Waals surface area contributed by atoms with E-state index in [0.29, 0.717) is 12.0 Å². The number of rotatable bonds is 3. The van der Waals surface area contributed by atoms with Crippen LogP contribution < -0.4 is 11.1 Å². The first-order valence-corrected chi connectivity index (χ1v) is 7.25. The maximum absolute atomic E-state index is 5.91. The van der Waals surface area contributed by atoms with Crippen molar-refractivity contribution in [2.24, 2.45) is 5.92 Å². The third kappa shape index (κ3) is 2.61. The van der Waals surface area contributed by atoms with Crippen LogP contribution in [-0.2, 0) is 0 Å². The highest BCUT2D eigenvalue weighted by Crippen LogP contribution is 2.30. The topological polar surface area (TPSA) is 68.8 Å². The van der Waals surface area contributed by atoms with Crippen molar-refractivity contribution in [3.63, 3.8) is 0 Å². The predicted octanol–water partition coefficient (Wildman–Crippen LogP) is 2.84. The maximum Gasteiger partial charge on any atom is 0.123 e. The molecule has 5 heteroatoms. The molecule has 0 saturated heterocycles. The second-order valence-electron chi connectivity index (χ2n) is 5.66. The Hall–Kier alpha value is -2.04. The van der Waals surface area contributed by atoms with Gasteiger partial charge in [-0.25, -0.2) is 0 Å². The first kappa shape index (κ1) is 13.0. The Kier molecular flexibility index (Phi) is 3.58. The van der Waals surface area contributed by atoms with E-state index in [-0.39, 0.29) is 0 Å². The SMILES string of the molecule is C[C@H]1CCCC[C@@H]1Nc1ccc(N)cc1-n1cnnc1. The average Bonchev–Trinajstić information content (AvgIpc) is 2.97. The van der Waals surface area contributed by atoms with Crippen LogP contribution in [0.4, 0.5) is 11.4 Å². The van der Waals surface area contributed by atoms with Gasteiger partial charge in [-0.3, -0.25) is 4.57 Å². The fourth-order valence-corrected chi connectivity index (χ4v) is 2.94. The van der Waals surface area contributed by atoms with E-state index in [1.165, 1.54) is 25.7 Å². The van der Waals surface area contributed by atoms with E-state index in [1.807, 2.05) is 22.8 Å². The van der Waals surface area contributed by atoms with Gasteiger partial charge in [0.25, 0.3) is 0 Å². The molecule has 0 unspecified atom stereocenters. The predicted molar refractivity (Wildman–Crippen MR) is 80.8 cm³/mol. The zero-order valence-corrected chi connectivity index (χ0v) is 11.8. The van der Waals surface area contributed by atoms with E-state index >= 15 is 0 Å². The summed E-state index contributed by atoms with van der Waals surface area (Å²) in [7, 11) is 0. The van der Waals surface area contributed by atoms with Crippen molar-refractivity contribution in [2.45, 2.75) is 38.6 Å². The van der Waals surface area contributed by atoms with Crippen molar-refractivity contribution in [3.8, 4) is 5.69 Å². The standard InChI is InChI=1S/C15H21N5/c1-11-4-2-3-5-13(11)19-14-7-6-12(16)8-15(14)20-9-17-18-10-20/h6-11,13,19H,2-5,16H2,1H3/t11-,13-/m0/s1. The molecule has 2 atom stereocenters. The molecule has 5 nitrogen and oxygen atoms in total. The number of nitrogens with two attached hydrogens (primary N) is 1. The number of nitrogens with zero attached hydrogens (tertiary/aromatic N) is 3. The highest BCUT2D eigenvalue weighted by Gasteiger charge is 2.22. The third-order valence-corrected chi connectivity index (χ3v) is 4.17. The van der Waals surface area contributed by atoms with Gasteiger partial charge < -0.3 is 11.1 Å². The van der Waals surface area contributed by atoms with Crippen LogP contribution in [-0.4, -0.2) is 20.8 Å². The Bertz CT molecular complexity index is 564. The lowest BCUT2D eigenvalue weighted by atomic mass is 9.86. The van der Waals surface area contributed by atoms with Gasteiger partial charge in [-0.2, -0.15) is 0 Å². The van der Waals surface area contributed by atoms with Gasteiger partial charge in [0, 0.05) is 11.7 Å². The summed E-state index contributed by atoms with van der Waals surface area (Å²) in [5.74, 6) is 0.704. The van der Waals surface area contributed by atoms with E-state index in [0.717, 1.165) is 17.1 Å². The van der Waals surface area contributed by atoms with Gasteiger partial charge in [0.15, 0.2) is 0 Å². The van der Waals surface area contributed by atoms with Crippen LogP contribution in [0.2, 0.25) is 0 Å². The minimum atomic E-state index is 0.530. The molecule has 0 bridgehead atoms. The molecule has 3 rings (SSSR count). The lowest BCUT2D eigenvalue weighted by Crippen LogP contribution is -2.30. The van der Waals surface area contributed by atoms with Gasteiger partial charge in [-0.05, 0) is 37.0 Å². The summed E-state index contributed by atoms with van der Waals surface area (Å²) in [4.78, 5) is 0. The van der Waals surface area contributed by atoms with Crippen LogP contribution in [0.1, 0.15) is 32.6 Å². The van der Waals surface area contributed by atoms with Gasteiger partial charge >= 0.3 is 0 Å². The molecular weight excluding hydrogens is 250 g/mol. The summed E-state index contributed by atoms with van der Waals surface area (Å²) in [6, 6.07) is 6.47. The molecule has 0 aliphatic heterocycles. The molecule has 1 heterocycles. The summed E-state index contributed by atoms with van der Waals surface area (Å²) >= 11 is 0. The van der Waals surface area contributed by atoms with E-state index in [9.17, 15) is 0 Å². The summed E-state index contributed by atoms with van der Waals surface area (Å²) in [5.41, 5.74) is 8.76. The maximum atomic E-state index is 5.91. The fraction of sp³-hybridized carbons (Fsp3) is 0.467. The van der Waals surface area contributed by atoms with E-state index < -0.39 is 0 Å². The fourth-order valence-electron chi connectivity index (χ4n) is 2.94. The number of hydrogen-bond donors (Lipinski definition) is 2. The summed E-state index contributed by atoms with van der Waals surface area (Å²) < 4.78 is 1.90. The second-order valence-corrected chi connectivity index (χ2v) is 5.66. The molecule has 1 aromatic carbocycles. The van der Waals surface area contributed by atoms with Crippen LogP contribution in [0.15, 0.2) is 30.9 Å². The number of benzene rings is 1. The van der Waals surface area contributed by atoms with Crippen molar-refractivity contribution in [3.05, 3.63) is 30.9 Å². The molecule has 1 aliphatic carbocycles. The van der Waals surface area contributed by atoms with E-state index in [1.54, 1.807) is 12.7 Å². The molecule has 2 aromatic rings. The summed E-state index contributed by atoms with van der Waals surface area (Å²) in [5, 5.41) is 11.4. The van der Waals surface area contributed by atoms with Gasteiger partial charge in [-0.1, -0.05) is 19.8 Å². The smallest absolute Gasteiger partial charge is 0.123 e. The van der Waals surface area contributed by atoms with Crippen LogP contribution in [0.25, 0.3) is 5.69 Å². The molecule has 0 radical (unpaired) electrons. The molecule has 0 spiro atoms. The zero-order chi connectivity index (χ0) is 13.9. The largest absolute Gasteiger partial charge is 0.399 e. The molecule has 3 N–H and O–H groups in total. The molecule has 1 aliphatic rings.